The number of carbonyl (C=O) groups excluding carboxylic acids is 2. The highest BCUT2D eigenvalue weighted by molar-refractivity contribution is 6.23. The summed E-state index contributed by atoms with van der Waals surface area (Å²) >= 11 is 0. The van der Waals surface area contributed by atoms with Crippen LogP contribution in [0, 0.1) is 30.1 Å². The van der Waals surface area contributed by atoms with Crippen molar-refractivity contribution in [2.75, 3.05) is 0 Å². The van der Waals surface area contributed by atoms with Crippen LogP contribution in [-0.2, 0) is 16.0 Å². The third-order valence-electron chi connectivity index (χ3n) is 9.96. The van der Waals surface area contributed by atoms with Crippen molar-refractivity contribution < 1.29 is 9.59 Å². The summed E-state index contributed by atoms with van der Waals surface area (Å²) in [6.45, 7) is 21.4. The summed E-state index contributed by atoms with van der Waals surface area (Å²) in [4.78, 5) is 26.6. The molecule has 2 aromatic carbocycles. The fourth-order valence-corrected chi connectivity index (χ4v) is 8.30. The number of fused-ring (bicyclic) bond motifs is 3. The van der Waals surface area contributed by atoms with E-state index in [9.17, 15) is 9.59 Å². The summed E-state index contributed by atoms with van der Waals surface area (Å²) in [6.07, 6.45) is 2.57. The predicted molar refractivity (Wildman–Crippen MR) is 149 cm³/mol. The fourth-order valence-electron chi connectivity index (χ4n) is 8.30. The zero-order valence-electron chi connectivity index (χ0n) is 23.1. The van der Waals surface area contributed by atoms with Crippen molar-refractivity contribution in [3.63, 3.8) is 0 Å². The van der Waals surface area contributed by atoms with Gasteiger partial charge in [0.15, 0.2) is 11.6 Å². The Morgan fingerprint density at radius 1 is 0.889 bits per heavy atom. The molecule has 0 bridgehead atoms. The van der Waals surface area contributed by atoms with Gasteiger partial charge in [0.2, 0.25) is 0 Å². The lowest BCUT2D eigenvalue weighted by molar-refractivity contribution is -0.134. The Labute approximate surface area is 216 Å². The Morgan fingerprint density at radius 2 is 1.56 bits per heavy atom. The molecule has 0 N–H and O–H groups in total. The van der Waals surface area contributed by atoms with Crippen molar-refractivity contribution in [3.05, 3.63) is 87.5 Å². The van der Waals surface area contributed by atoms with Crippen LogP contribution in [0.15, 0.2) is 65.3 Å². The summed E-state index contributed by atoms with van der Waals surface area (Å²) in [5.74, 6) is -0.115. The van der Waals surface area contributed by atoms with Crippen LogP contribution in [0.1, 0.15) is 76.6 Å². The third kappa shape index (κ3) is 3.03. The maximum absolute atomic E-state index is 14.1. The molecule has 0 aromatic heterocycles. The normalized spacial score (nSPS) is 29.7. The van der Waals surface area contributed by atoms with E-state index in [1.807, 2.05) is 6.92 Å². The molecule has 3 aliphatic rings. The van der Waals surface area contributed by atoms with Gasteiger partial charge in [0.1, 0.15) is 0 Å². The van der Waals surface area contributed by atoms with E-state index in [-0.39, 0.29) is 22.4 Å². The second-order valence-corrected chi connectivity index (χ2v) is 12.4. The molecule has 0 saturated heterocycles. The summed E-state index contributed by atoms with van der Waals surface area (Å²) in [7, 11) is 0. The Bertz CT molecular complexity index is 1450. The highest BCUT2D eigenvalue weighted by Gasteiger charge is 2.62. The number of aryl methyl sites for hydroxylation is 2. The quantitative estimate of drug-likeness (QED) is 0.408. The minimum Gasteiger partial charge on any atom is -0.294 e. The van der Waals surface area contributed by atoms with E-state index in [2.05, 4.69) is 77.9 Å². The van der Waals surface area contributed by atoms with Crippen LogP contribution >= 0.6 is 0 Å². The zero-order chi connectivity index (χ0) is 26.4. The first-order valence-electron chi connectivity index (χ1n) is 13.1. The smallest absolute Gasteiger partial charge is 0.176 e. The molecule has 0 saturated carbocycles. The van der Waals surface area contributed by atoms with Crippen molar-refractivity contribution in [3.8, 4) is 11.1 Å². The summed E-state index contributed by atoms with van der Waals surface area (Å²) in [6, 6.07) is 13.1. The molecule has 0 radical (unpaired) electrons. The van der Waals surface area contributed by atoms with Crippen molar-refractivity contribution in [2.45, 2.75) is 74.7 Å². The van der Waals surface area contributed by atoms with Crippen molar-refractivity contribution >= 4 is 17.1 Å². The molecule has 2 nitrogen and oxygen atoms in total. The average molecular weight is 479 g/mol. The summed E-state index contributed by atoms with van der Waals surface area (Å²) in [5.41, 5.74) is 11.3. The predicted octanol–water partition coefficient (Wildman–Crippen LogP) is 8.16. The molecule has 0 heterocycles. The van der Waals surface area contributed by atoms with Gasteiger partial charge in [-0.05, 0) is 116 Å². The van der Waals surface area contributed by atoms with Crippen LogP contribution in [-0.4, -0.2) is 11.6 Å². The molecule has 0 fully saturated rings. The zero-order valence-corrected chi connectivity index (χ0v) is 23.1. The lowest BCUT2D eigenvalue weighted by Crippen LogP contribution is -2.56. The van der Waals surface area contributed by atoms with E-state index in [1.54, 1.807) is 0 Å². The van der Waals surface area contributed by atoms with E-state index in [1.165, 1.54) is 45.9 Å². The van der Waals surface area contributed by atoms with Gasteiger partial charge in [0.25, 0.3) is 0 Å². The molecule has 2 heteroatoms. The number of benzene rings is 2. The topological polar surface area (TPSA) is 34.1 Å². The SMILES string of the molecule is C=C1C2=C(C)[C@@]3(C)C(=O)C(C(C)=O)=C(C)C[C@@]3(C)C[C@@]2(C)Cc2c(-c3ccccc3C)ccc(C)c21. The third-order valence-corrected chi connectivity index (χ3v) is 9.96. The van der Waals surface area contributed by atoms with Gasteiger partial charge in [0, 0.05) is 0 Å². The second-order valence-electron chi connectivity index (χ2n) is 12.4. The number of Topliss-reactive ketones (excluding diaryl/α,β-unsaturated/α-hetero) is 2. The first-order valence-corrected chi connectivity index (χ1v) is 13.1. The van der Waals surface area contributed by atoms with E-state index in [0.717, 1.165) is 36.0 Å². The Kier molecular flexibility index (Phi) is 5.31. The number of allylic oxidation sites excluding steroid dienone is 5. The van der Waals surface area contributed by atoms with Crippen molar-refractivity contribution in [1.82, 2.24) is 0 Å². The van der Waals surface area contributed by atoms with E-state index in [0.29, 0.717) is 5.57 Å². The molecule has 0 spiro atoms. The maximum atomic E-state index is 14.1. The lowest BCUT2D eigenvalue weighted by Gasteiger charge is -2.60. The van der Waals surface area contributed by atoms with Gasteiger partial charge in [-0.3, -0.25) is 9.59 Å². The number of carbonyl (C=O) groups is 2. The van der Waals surface area contributed by atoms with Gasteiger partial charge in [-0.15, -0.1) is 0 Å². The van der Waals surface area contributed by atoms with Gasteiger partial charge in [0.05, 0.1) is 11.0 Å². The summed E-state index contributed by atoms with van der Waals surface area (Å²) in [5, 5.41) is 0. The number of hydrogen-bond donors (Lipinski definition) is 0. The minimum atomic E-state index is -0.718. The Balaban J connectivity index is 1.79. The molecule has 3 aliphatic carbocycles. The standard InChI is InChI=1S/C34H38O2/c1-19-12-10-11-13-25(19)26-15-14-20(2)28-22(4)30-23(5)34(9)31(36)29(24(6)35)21(3)16-33(34,8)18-32(30,7)17-27(26)28/h10-15H,4,16-18H2,1-3,5-9H3/t32-,33+,34+/m1/s1. The molecule has 0 aliphatic heterocycles. The van der Waals surface area contributed by atoms with Crippen molar-refractivity contribution in [1.29, 1.82) is 0 Å². The van der Waals surface area contributed by atoms with Crippen LogP contribution < -0.4 is 0 Å². The van der Waals surface area contributed by atoms with Crippen LogP contribution in [0.25, 0.3) is 16.7 Å². The highest BCUT2D eigenvalue weighted by atomic mass is 16.1. The first-order chi connectivity index (χ1) is 16.8. The average Bonchev–Trinajstić information content (AvgIpc) is 2.76. The van der Waals surface area contributed by atoms with Gasteiger partial charge >= 0.3 is 0 Å². The molecule has 0 unspecified atom stereocenters. The fraction of sp³-hybridized carbons (Fsp3) is 0.412. The molecule has 3 atom stereocenters. The van der Waals surface area contributed by atoms with Crippen LogP contribution in [0.2, 0.25) is 0 Å². The van der Waals surface area contributed by atoms with Crippen molar-refractivity contribution in [2.24, 2.45) is 16.2 Å². The van der Waals surface area contributed by atoms with Crippen LogP contribution in [0.4, 0.5) is 0 Å². The molecule has 0 amide bonds. The van der Waals surface area contributed by atoms with Gasteiger partial charge < -0.3 is 0 Å². The van der Waals surface area contributed by atoms with E-state index >= 15 is 0 Å². The maximum Gasteiger partial charge on any atom is 0.176 e. The number of hydrogen-bond acceptors (Lipinski definition) is 2. The van der Waals surface area contributed by atoms with E-state index < -0.39 is 5.41 Å². The minimum absolute atomic E-state index is 0.00252. The summed E-state index contributed by atoms with van der Waals surface area (Å²) < 4.78 is 0. The van der Waals surface area contributed by atoms with E-state index in [4.69, 9.17) is 6.58 Å². The molecule has 5 rings (SSSR count). The molecule has 186 valence electrons. The second kappa shape index (κ2) is 7.75. The molecular weight excluding hydrogens is 440 g/mol. The van der Waals surface area contributed by atoms with Crippen LogP contribution in [0.5, 0.6) is 0 Å². The van der Waals surface area contributed by atoms with Gasteiger partial charge in [-0.1, -0.05) is 68.0 Å². The largest absolute Gasteiger partial charge is 0.294 e. The number of ketones is 2. The first kappa shape index (κ1) is 24.7. The Morgan fingerprint density at radius 3 is 2.19 bits per heavy atom. The van der Waals surface area contributed by atoms with Gasteiger partial charge in [-0.2, -0.15) is 0 Å². The molecule has 36 heavy (non-hydrogen) atoms. The Hall–Kier alpha value is -3.00. The lowest BCUT2D eigenvalue weighted by atomic mass is 9.42. The van der Waals surface area contributed by atoms with Crippen LogP contribution in [0.3, 0.4) is 0 Å². The number of rotatable bonds is 2. The molecular formula is C34H38O2. The van der Waals surface area contributed by atoms with Gasteiger partial charge in [-0.25, -0.2) is 0 Å². The monoisotopic (exact) mass is 478 g/mol. The highest BCUT2D eigenvalue weighted by Crippen LogP contribution is 2.68. The molecule has 2 aromatic rings.